The fourth-order valence-electron chi connectivity index (χ4n) is 2.57. The minimum absolute atomic E-state index is 0.0939. The second-order valence-electron chi connectivity index (χ2n) is 6.04. The molecule has 1 amide bonds. The summed E-state index contributed by atoms with van der Waals surface area (Å²) in [5, 5.41) is 11.0. The molecule has 0 unspecified atom stereocenters. The molecule has 0 radical (unpaired) electrons. The average molecular weight is 416 g/mol. The van der Waals surface area contributed by atoms with E-state index in [0.717, 1.165) is 4.90 Å². The van der Waals surface area contributed by atoms with Gasteiger partial charge in [-0.25, -0.2) is 4.79 Å². The first kappa shape index (κ1) is 18.5. The number of aromatic nitrogens is 2. The predicted octanol–water partition coefficient (Wildman–Crippen LogP) is 4.18. The number of carbonyl (C=O) groups is 2. The summed E-state index contributed by atoms with van der Waals surface area (Å²) in [5.41, 5.74) is 1.64. The molecule has 2 heterocycles. The first-order chi connectivity index (χ1) is 13.5. The van der Waals surface area contributed by atoms with Crippen LogP contribution in [0, 0.1) is 0 Å². The molecule has 1 aliphatic rings. The number of thioether (sulfide) groups is 1. The van der Waals surface area contributed by atoms with Gasteiger partial charge in [0.2, 0.25) is 11.8 Å². The van der Waals surface area contributed by atoms with E-state index in [0.29, 0.717) is 27.7 Å². The van der Waals surface area contributed by atoms with E-state index in [1.807, 2.05) is 6.92 Å². The Bertz CT molecular complexity index is 1050. The second kappa shape index (κ2) is 7.65. The van der Waals surface area contributed by atoms with Crippen LogP contribution in [-0.2, 0) is 16.1 Å². The SMILES string of the molecule is C[C@H]1Sc2ccc(C(=O)OCc3nnc(-c4ccc(Cl)cc4)o3)cc2NC1=O. The number of fused-ring (bicyclic) bond motifs is 1. The minimum Gasteiger partial charge on any atom is -0.452 e. The lowest BCUT2D eigenvalue weighted by Crippen LogP contribution is -2.26. The van der Waals surface area contributed by atoms with Crippen molar-refractivity contribution in [2.45, 2.75) is 23.7 Å². The summed E-state index contributed by atoms with van der Waals surface area (Å²) < 4.78 is 10.8. The van der Waals surface area contributed by atoms with Gasteiger partial charge < -0.3 is 14.5 Å². The Morgan fingerprint density at radius 1 is 1.25 bits per heavy atom. The maximum Gasteiger partial charge on any atom is 0.338 e. The highest BCUT2D eigenvalue weighted by molar-refractivity contribution is 8.00. The Labute approximate surface area is 169 Å². The van der Waals surface area contributed by atoms with Crippen molar-refractivity contribution in [2.75, 3.05) is 5.32 Å². The number of esters is 1. The Morgan fingerprint density at radius 3 is 2.82 bits per heavy atom. The summed E-state index contributed by atoms with van der Waals surface area (Å²) >= 11 is 7.30. The molecule has 1 aliphatic heterocycles. The number of nitrogens with one attached hydrogen (secondary N) is 1. The third-order valence-electron chi connectivity index (χ3n) is 4.03. The van der Waals surface area contributed by atoms with Crippen LogP contribution in [0.15, 0.2) is 51.8 Å². The number of amides is 1. The number of anilines is 1. The van der Waals surface area contributed by atoms with Gasteiger partial charge in [0.05, 0.1) is 16.5 Å². The van der Waals surface area contributed by atoms with Gasteiger partial charge in [0, 0.05) is 15.5 Å². The van der Waals surface area contributed by atoms with Crippen LogP contribution in [0.1, 0.15) is 23.2 Å². The molecular weight excluding hydrogens is 402 g/mol. The number of rotatable bonds is 4. The van der Waals surface area contributed by atoms with E-state index in [1.165, 1.54) is 11.8 Å². The topological polar surface area (TPSA) is 94.3 Å². The maximum absolute atomic E-state index is 12.3. The van der Waals surface area contributed by atoms with Gasteiger partial charge in [-0.05, 0) is 49.4 Å². The molecule has 7 nitrogen and oxygen atoms in total. The quantitative estimate of drug-likeness (QED) is 0.638. The molecule has 0 saturated heterocycles. The Morgan fingerprint density at radius 2 is 2.04 bits per heavy atom. The smallest absolute Gasteiger partial charge is 0.338 e. The number of hydrogen-bond acceptors (Lipinski definition) is 7. The Kier molecular flexibility index (Phi) is 5.06. The van der Waals surface area contributed by atoms with Crippen LogP contribution < -0.4 is 5.32 Å². The van der Waals surface area contributed by atoms with Gasteiger partial charge in [-0.1, -0.05) is 11.6 Å². The maximum atomic E-state index is 12.3. The molecule has 3 aromatic rings. The van der Waals surface area contributed by atoms with E-state index in [-0.39, 0.29) is 23.7 Å². The fourth-order valence-corrected chi connectivity index (χ4v) is 3.62. The molecule has 1 aromatic heterocycles. The lowest BCUT2D eigenvalue weighted by atomic mass is 10.2. The van der Waals surface area contributed by atoms with E-state index >= 15 is 0 Å². The summed E-state index contributed by atoms with van der Waals surface area (Å²) in [4.78, 5) is 25.0. The van der Waals surface area contributed by atoms with Gasteiger partial charge in [0.15, 0.2) is 6.61 Å². The van der Waals surface area contributed by atoms with E-state index in [9.17, 15) is 9.59 Å². The molecule has 1 atom stereocenters. The number of nitrogens with zero attached hydrogens (tertiary/aromatic N) is 2. The molecule has 2 aromatic carbocycles. The van der Waals surface area contributed by atoms with E-state index in [4.69, 9.17) is 20.8 Å². The van der Waals surface area contributed by atoms with Gasteiger partial charge in [-0.2, -0.15) is 0 Å². The summed E-state index contributed by atoms with van der Waals surface area (Å²) in [6.07, 6.45) is 0. The summed E-state index contributed by atoms with van der Waals surface area (Å²) in [6, 6.07) is 12.0. The van der Waals surface area contributed by atoms with Crippen LogP contribution in [0.2, 0.25) is 5.02 Å². The molecule has 28 heavy (non-hydrogen) atoms. The normalized spacial score (nSPS) is 15.6. The Balaban J connectivity index is 1.42. The van der Waals surface area contributed by atoms with Crippen molar-refractivity contribution in [3.8, 4) is 11.5 Å². The molecule has 142 valence electrons. The predicted molar refractivity (Wildman–Crippen MR) is 104 cm³/mol. The van der Waals surface area contributed by atoms with Crippen molar-refractivity contribution in [1.82, 2.24) is 10.2 Å². The molecule has 0 spiro atoms. The van der Waals surface area contributed by atoms with Crippen LogP contribution in [0.5, 0.6) is 0 Å². The highest BCUT2D eigenvalue weighted by atomic mass is 35.5. The van der Waals surface area contributed by atoms with Crippen LogP contribution in [0.25, 0.3) is 11.5 Å². The number of ether oxygens (including phenoxy) is 1. The molecule has 9 heteroatoms. The van der Waals surface area contributed by atoms with E-state index in [1.54, 1.807) is 42.5 Å². The van der Waals surface area contributed by atoms with Crippen molar-refractivity contribution in [2.24, 2.45) is 0 Å². The van der Waals surface area contributed by atoms with Crippen molar-refractivity contribution in [3.63, 3.8) is 0 Å². The van der Waals surface area contributed by atoms with Crippen LogP contribution in [0.4, 0.5) is 5.69 Å². The molecular formula is C19H14ClN3O4S. The van der Waals surface area contributed by atoms with Gasteiger partial charge in [-0.15, -0.1) is 22.0 Å². The number of carbonyl (C=O) groups excluding carboxylic acids is 2. The average Bonchev–Trinajstić information content (AvgIpc) is 3.16. The van der Waals surface area contributed by atoms with Crippen molar-refractivity contribution < 1.29 is 18.7 Å². The zero-order valence-corrected chi connectivity index (χ0v) is 16.2. The van der Waals surface area contributed by atoms with Crippen molar-refractivity contribution in [3.05, 3.63) is 58.9 Å². The third-order valence-corrected chi connectivity index (χ3v) is 5.46. The first-order valence-electron chi connectivity index (χ1n) is 8.36. The minimum atomic E-state index is -0.549. The van der Waals surface area contributed by atoms with E-state index in [2.05, 4.69) is 15.5 Å². The monoisotopic (exact) mass is 415 g/mol. The zero-order valence-electron chi connectivity index (χ0n) is 14.6. The second-order valence-corrected chi connectivity index (χ2v) is 7.86. The highest BCUT2D eigenvalue weighted by Crippen LogP contribution is 2.36. The largest absolute Gasteiger partial charge is 0.452 e. The van der Waals surface area contributed by atoms with Gasteiger partial charge in [0.1, 0.15) is 0 Å². The lowest BCUT2D eigenvalue weighted by molar-refractivity contribution is -0.115. The third kappa shape index (κ3) is 3.88. The number of halogens is 1. The van der Waals surface area contributed by atoms with Crippen molar-refractivity contribution >= 4 is 40.9 Å². The number of benzene rings is 2. The zero-order chi connectivity index (χ0) is 19.7. The molecule has 0 fully saturated rings. The molecule has 0 aliphatic carbocycles. The van der Waals surface area contributed by atoms with E-state index < -0.39 is 5.97 Å². The van der Waals surface area contributed by atoms with Crippen molar-refractivity contribution in [1.29, 1.82) is 0 Å². The first-order valence-corrected chi connectivity index (χ1v) is 9.62. The van der Waals surface area contributed by atoms with Gasteiger partial charge in [-0.3, -0.25) is 4.79 Å². The lowest BCUT2D eigenvalue weighted by Gasteiger charge is -2.21. The summed E-state index contributed by atoms with van der Waals surface area (Å²) in [5.74, 6) is -0.158. The molecule has 0 bridgehead atoms. The summed E-state index contributed by atoms with van der Waals surface area (Å²) in [6.45, 7) is 1.67. The summed E-state index contributed by atoms with van der Waals surface area (Å²) in [7, 11) is 0. The van der Waals surface area contributed by atoms with Gasteiger partial charge in [0.25, 0.3) is 5.89 Å². The Hall–Kier alpha value is -2.84. The molecule has 4 rings (SSSR count). The van der Waals surface area contributed by atoms with Crippen LogP contribution >= 0.6 is 23.4 Å². The van der Waals surface area contributed by atoms with Gasteiger partial charge >= 0.3 is 5.97 Å². The standard InChI is InChI=1S/C19H14ClN3O4S/c1-10-17(24)21-14-8-12(4-7-15(14)28-10)19(25)26-9-16-22-23-18(27-16)11-2-5-13(20)6-3-11/h2-8,10H,9H2,1H3,(H,21,24)/t10-/m1/s1. The fraction of sp³-hybridized carbons (Fsp3) is 0.158. The molecule has 0 saturated carbocycles. The highest BCUT2D eigenvalue weighted by Gasteiger charge is 2.24. The molecule has 1 N–H and O–H groups in total. The number of hydrogen-bond donors (Lipinski definition) is 1. The van der Waals surface area contributed by atoms with Crippen LogP contribution in [0.3, 0.4) is 0 Å². The van der Waals surface area contributed by atoms with Crippen LogP contribution in [-0.4, -0.2) is 27.3 Å².